The Morgan fingerprint density at radius 3 is 3.09 bits per heavy atom. The van der Waals surface area contributed by atoms with Crippen molar-refractivity contribution in [3.63, 3.8) is 0 Å². The summed E-state index contributed by atoms with van der Waals surface area (Å²) in [6.07, 6.45) is 3.37. The van der Waals surface area contributed by atoms with Crippen LogP contribution in [0.15, 0.2) is 23.6 Å². The van der Waals surface area contributed by atoms with Gasteiger partial charge in [-0.1, -0.05) is 13.0 Å². The van der Waals surface area contributed by atoms with Crippen LogP contribution >= 0.6 is 34.9 Å². The third kappa shape index (κ3) is 4.31. The van der Waals surface area contributed by atoms with Crippen LogP contribution in [0, 0.1) is 5.92 Å². The summed E-state index contributed by atoms with van der Waals surface area (Å²) in [7, 11) is 0. The molecule has 0 aliphatic heterocycles. The first-order valence-corrected chi connectivity index (χ1v) is 9.70. The maximum atomic E-state index is 12.2. The number of nitrogens with one attached hydrogen (secondary N) is 3. The minimum Gasteiger partial charge on any atom is -0.356 e. The van der Waals surface area contributed by atoms with Crippen molar-refractivity contribution >= 4 is 45.9 Å². The summed E-state index contributed by atoms with van der Waals surface area (Å²) >= 11 is 8.43. The fourth-order valence-corrected chi connectivity index (χ4v) is 4.49. The van der Waals surface area contributed by atoms with E-state index in [1.54, 1.807) is 22.7 Å². The van der Waals surface area contributed by atoms with Crippen molar-refractivity contribution in [3.8, 4) is 0 Å². The largest absolute Gasteiger partial charge is 0.356 e. The number of hydrogen-bond donors (Lipinski definition) is 3. The highest BCUT2D eigenvalue weighted by molar-refractivity contribution is 7.80. The fraction of sp³-hybridized carbons (Fsp3) is 0.375. The number of carbonyl (C=O) groups is 1. The fourth-order valence-electron chi connectivity index (χ4n) is 2.62. The average molecular weight is 366 g/mol. The molecule has 0 radical (unpaired) electrons. The molecule has 0 spiro atoms. The van der Waals surface area contributed by atoms with Crippen molar-refractivity contribution in [3.05, 3.63) is 43.8 Å². The summed E-state index contributed by atoms with van der Waals surface area (Å²) in [4.78, 5) is 15.5. The van der Waals surface area contributed by atoms with Crippen LogP contribution in [0.4, 0.5) is 0 Å². The maximum Gasteiger partial charge on any atom is 0.279 e. The van der Waals surface area contributed by atoms with Crippen LogP contribution in [0.3, 0.4) is 0 Å². The van der Waals surface area contributed by atoms with Gasteiger partial charge in [-0.3, -0.25) is 15.6 Å². The van der Waals surface area contributed by atoms with Gasteiger partial charge in [-0.15, -0.1) is 22.7 Å². The van der Waals surface area contributed by atoms with Gasteiger partial charge in [-0.05, 0) is 60.5 Å². The molecule has 3 N–H and O–H groups in total. The van der Waals surface area contributed by atoms with Crippen LogP contribution in [0.5, 0.6) is 0 Å². The van der Waals surface area contributed by atoms with E-state index in [1.807, 2.05) is 23.6 Å². The van der Waals surface area contributed by atoms with Gasteiger partial charge >= 0.3 is 0 Å². The van der Waals surface area contributed by atoms with Crippen LogP contribution in [-0.4, -0.2) is 11.0 Å². The van der Waals surface area contributed by atoms with E-state index in [2.05, 4.69) is 23.1 Å². The second-order valence-electron chi connectivity index (χ2n) is 5.75. The molecule has 4 nitrogen and oxygen atoms in total. The van der Waals surface area contributed by atoms with Gasteiger partial charge in [0.2, 0.25) is 0 Å². The molecule has 2 heterocycles. The molecule has 2 aromatic heterocycles. The predicted octanol–water partition coefficient (Wildman–Crippen LogP) is 3.24. The number of fused-ring (bicyclic) bond motifs is 1. The highest BCUT2D eigenvalue weighted by Crippen LogP contribution is 2.32. The topological polar surface area (TPSA) is 53.2 Å². The molecule has 1 aliphatic rings. The Kier molecular flexibility index (Phi) is 5.30. The summed E-state index contributed by atoms with van der Waals surface area (Å²) in [6, 6.07) is 6.06. The second-order valence-corrected chi connectivity index (χ2v) is 8.33. The lowest BCUT2D eigenvalue weighted by Crippen LogP contribution is -2.46. The lowest BCUT2D eigenvalue weighted by Gasteiger charge is -2.16. The number of rotatable bonds is 3. The highest BCUT2D eigenvalue weighted by atomic mass is 32.1. The number of amides is 1. The smallest absolute Gasteiger partial charge is 0.279 e. The number of thiophene rings is 2. The van der Waals surface area contributed by atoms with Gasteiger partial charge in [0, 0.05) is 9.75 Å². The molecule has 0 saturated carbocycles. The van der Waals surface area contributed by atoms with Crippen molar-refractivity contribution in [2.24, 2.45) is 5.92 Å². The van der Waals surface area contributed by atoms with E-state index in [4.69, 9.17) is 12.2 Å². The highest BCUT2D eigenvalue weighted by Gasteiger charge is 2.20. The lowest BCUT2D eigenvalue weighted by molar-refractivity contribution is 0.0947. The molecule has 1 amide bonds. The molecule has 7 heteroatoms. The molecule has 122 valence electrons. The summed E-state index contributed by atoms with van der Waals surface area (Å²) in [6.45, 7) is 2.92. The van der Waals surface area contributed by atoms with Gasteiger partial charge in [-0.2, -0.15) is 0 Å². The van der Waals surface area contributed by atoms with E-state index in [9.17, 15) is 4.79 Å². The van der Waals surface area contributed by atoms with Crippen LogP contribution in [0.2, 0.25) is 0 Å². The second kappa shape index (κ2) is 7.42. The van der Waals surface area contributed by atoms with Gasteiger partial charge in [0.1, 0.15) is 0 Å². The molecule has 0 bridgehead atoms. The summed E-state index contributed by atoms with van der Waals surface area (Å²) < 4.78 is 0. The zero-order valence-corrected chi connectivity index (χ0v) is 15.3. The van der Waals surface area contributed by atoms with Crippen molar-refractivity contribution in [2.75, 3.05) is 0 Å². The molecular formula is C16H19N3OS3. The van der Waals surface area contributed by atoms with E-state index in [0.29, 0.717) is 17.6 Å². The van der Waals surface area contributed by atoms with Gasteiger partial charge in [-0.25, -0.2) is 0 Å². The minimum absolute atomic E-state index is 0.127. The average Bonchev–Trinajstić information content (AvgIpc) is 3.19. The predicted molar refractivity (Wildman–Crippen MR) is 99.9 cm³/mol. The Labute approximate surface area is 149 Å². The molecule has 1 unspecified atom stereocenters. The van der Waals surface area contributed by atoms with E-state index in [1.165, 1.54) is 21.7 Å². The van der Waals surface area contributed by atoms with Crippen LogP contribution in [0.25, 0.3) is 0 Å². The Morgan fingerprint density at radius 1 is 1.43 bits per heavy atom. The van der Waals surface area contributed by atoms with Crippen molar-refractivity contribution in [2.45, 2.75) is 32.7 Å². The van der Waals surface area contributed by atoms with E-state index in [-0.39, 0.29) is 5.91 Å². The lowest BCUT2D eigenvalue weighted by atomic mass is 9.90. The molecule has 23 heavy (non-hydrogen) atoms. The third-order valence-corrected chi connectivity index (χ3v) is 6.20. The van der Waals surface area contributed by atoms with E-state index < -0.39 is 0 Å². The maximum absolute atomic E-state index is 12.2. The van der Waals surface area contributed by atoms with Crippen molar-refractivity contribution < 1.29 is 4.79 Å². The third-order valence-electron chi connectivity index (χ3n) is 3.85. The van der Waals surface area contributed by atoms with Crippen molar-refractivity contribution in [1.82, 2.24) is 16.2 Å². The molecule has 0 saturated heterocycles. The van der Waals surface area contributed by atoms with Crippen LogP contribution in [0.1, 0.15) is 38.3 Å². The Bertz CT molecular complexity index is 693. The first-order chi connectivity index (χ1) is 11.1. The standard InChI is InChI=1S/C16H19N3OS3/c1-10-4-5-13-11(7-10)8-14(23-13)15(20)18-19-16(21)17-9-12-3-2-6-22-12/h2-3,6,8,10H,4-5,7,9H2,1H3,(H,18,20)(H2,17,19,21). The number of carbonyl (C=O) groups excluding carboxylic acids is 1. The van der Waals surface area contributed by atoms with Gasteiger partial charge in [0.25, 0.3) is 5.91 Å². The zero-order valence-electron chi connectivity index (χ0n) is 12.8. The monoisotopic (exact) mass is 365 g/mol. The van der Waals surface area contributed by atoms with Gasteiger partial charge in [0.15, 0.2) is 5.11 Å². The zero-order chi connectivity index (χ0) is 16.2. The summed E-state index contributed by atoms with van der Waals surface area (Å²) in [5.41, 5.74) is 6.77. The summed E-state index contributed by atoms with van der Waals surface area (Å²) in [5.74, 6) is 0.581. The van der Waals surface area contributed by atoms with Gasteiger partial charge in [0.05, 0.1) is 11.4 Å². The molecule has 1 aliphatic carbocycles. The number of aryl methyl sites for hydroxylation is 1. The summed E-state index contributed by atoms with van der Waals surface area (Å²) in [5, 5.41) is 5.51. The number of hydrogen-bond acceptors (Lipinski definition) is 4. The molecule has 0 aromatic carbocycles. The molecule has 3 rings (SSSR count). The first-order valence-electron chi connectivity index (χ1n) is 7.60. The van der Waals surface area contributed by atoms with Crippen LogP contribution in [-0.2, 0) is 19.4 Å². The Balaban J connectivity index is 1.48. The first kappa shape index (κ1) is 16.4. The van der Waals surface area contributed by atoms with Crippen molar-refractivity contribution in [1.29, 1.82) is 0 Å². The quantitative estimate of drug-likeness (QED) is 0.577. The molecule has 1 atom stereocenters. The number of thiocarbonyl (C=S) groups is 1. The molecule has 2 aromatic rings. The van der Waals surface area contributed by atoms with E-state index in [0.717, 1.165) is 17.7 Å². The molecule has 0 fully saturated rings. The van der Waals surface area contributed by atoms with Gasteiger partial charge < -0.3 is 5.32 Å². The molecular weight excluding hydrogens is 346 g/mol. The Hall–Kier alpha value is -1.44. The Morgan fingerprint density at radius 2 is 2.30 bits per heavy atom. The SMILES string of the molecule is CC1CCc2sc(C(=O)NNC(=S)NCc3cccs3)cc2C1. The normalized spacial score (nSPS) is 16.5. The van der Waals surface area contributed by atoms with Crippen LogP contribution < -0.4 is 16.2 Å². The minimum atomic E-state index is -0.127. The van der Waals surface area contributed by atoms with E-state index >= 15 is 0 Å². The number of hydrazine groups is 1.